The van der Waals surface area contributed by atoms with Gasteiger partial charge in [-0.25, -0.2) is 0 Å². The maximum absolute atomic E-state index is 11.9. The molecule has 1 N–H and O–H groups in total. The minimum atomic E-state index is -1.39. The SMILES string of the molecule is C[C@H]1C[C@@]2([N+](=O)[O-])CCC[C@H](C2=O)[C@@H]1O. The highest BCUT2D eigenvalue weighted by atomic mass is 16.6. The zero-order valence-corrected chi connectivity index (χ0v) is 8.68. The van der Waals surface area contributed by atoms with Crippen LogP contribution in [0.2, 0.25) is 0 Å². The van der Waals surface area contributed by atoms with E-state index in [1.807, 2.05) is 0 Å². The van der Waals surface area contributed by atoms with Crippen LogP contribution in [0.4, 0.5) is 0 Å². The molecule has 2 bridgehead atoms. The highest BCUT2D eigenvalue weighted by Crippen LogP contribution is 2.44. The molecule has 0 unspecified atom stereocenters. The van der Waals surface area contributed by atoms with E-state index in [2.05, 4.69) is 0 Å². The van der Waals surface area contributed by atoms with E-state index in [0.29, 0.717) is 19.3 Å². The molecule has 0 amide bonds. The van der Waals surface area contributed by atoms with Crippen LogP contribution >= 0.6 is 0 Å². The summed E-state index contributed by atoms with van der Waals surface area (Å²) in [5.41, 5.74) is -1.39. The minimum absolute atomic E-state index is 0.154. The van der Waals surface area contributed by atoms with Crippen molar-refractivity contribution in [3.05, 3.63) is 10.1 Å². The zero-order chi connectivity index (χ0) is 11.2. The molecule has 0 spiro atoms. The van der Waals surface area contributed by atoms with Crippen molar-refractivity contribution in [3.63, 3.8) is 0 Å². The summed E-state index contributed by atoms with van der Waals surface area (Å²) in [6.07, 6.45) is 1.11. The van der Waals surface area contributed by atoms with E-state index < -0.39 is 22.5 Å². The van der Waals surface area contributed by atoms with Gasteiger partial charge in [0.15, 0.2) is 0 Å². The topological polar surface area (TPSA) is 80.4 Å². The lowest BCUT2D eigenvalue weighted by Gasteiger charge is -2.42. The fraction of sp³-hybridized carbons (Fsp3) is 0.900. The molecule has 2 aliphatic rings. The number of nitro groups is 1. The third kappa shape index (κ3) is 1.29. The Balaban J connectivity index is 2.39. The standard InChI is InChI=1S/C10H15NO4/c1-6-5-10(11(14)15)4-2-3-7(8(6)12)9(10)13/h6-8,12H,2-5H2,1H3/t6-,7-,8+,10-/m0/s1. The summed E-state index contributed by atoms with van der Waals surface area (Å²) in [7, 11) is 0. The molecule has 15 heavy (non-hydrogen) atoms. The van der Waals surface area contributed by atoms with Gasteiger partial charge in [-0.1, -0.05) is 6.92 Å². The van der Waals surface area contributed by atoms with Crippen molar-refractivity contribution in [3.8, 4) is 0 Å². The molecule has 2 saturated carbocycles. The number of Topliss-reactive ketones (excluding diaryl/α,β-unsaturated/α-hetero) is 1. The van der Waals surface area contributed by atoms with Gasteiger partial charge in [-0.3, -0.25) is 14.9 Å². The van der Waals surface area contributed by atoms with E-state index in [0.717, 1.165) is 0 Å². The quantitative estimate of drug-likeness (QED) is 0.515. The van der Waals surface area contributed by atoms with Crippen LogP contribution in [-0.4, -0.2) is 27.5 Å². The average molecular weight is 213 g/mol. The van der Waals surface area contributed by atoms with Crippen molar-refractivity contribution in [1.29, 1.82) is 0 Å². The van der Waals surface area contributed by atoms with Crippen LogP contribution in [0.3, 0.4) is 0 Å². The Morgan fingerprint density at radius 1 is 1.60 bits per heavy atom. The van der Waals surface area contributed by atoms with Crippen LogP contribution in [0.1, 0.15) is 32.6 Å². The van der Waals surface area contributed by atoms with Gasteiger partial charge in [-0.05, 0) is 18.8 Å². The second kappa shape index (κ2) is 3.27. The molecule has 0 radical (unpaired) electrons. The number of carbonyl (C=O) groups is 1. The zero-order valence-electron chi connectivity index (χ0n) is 8.68. The first kappa shape index (κ1) is 10.5. The van der Waals surface area contributed by atoms with Gasteiger partial charge in [0.1, 0.15) is 0 Å². The lowest BCUT2D eigenvalue weighted by molar-refractivity contribution is -0.561. The molecule has 0 aromatic heterocycles. The van der Waals surface area contributed by atoms with Gasteiger partial charge in [0, 0.05) is 17.8 Å². The number of hydrogen-bond acceptors (Lipinski definition) is 4. The van der Waals surface area contributed by atoms with Crippen LogP contribution < -0.4 is 0 Å². The second-order valence-electron chi connectivity index (χ2n) is 4.82. The number of aliphatic hydroxyl groups excluding tert-OH is 1. The van der Waals surface area contributed by atoms with Crippen LogP contribution in [0.25, 0.3) is 0 Å². The maximum atomic E-state index is 11.9. The van der Waals surface area contributed by atoms with Crippen LogP contribution in [0.15, 0.2) is 0 Å². The van der Waals surface area contributed by atoms with E-state index in [-0.39, 0.29) is 18.1 Å². The molecule has 0 saturated heterocycles. The number of hydrogen-bond donors (Lipinski definition) is 1. The summed E-state index contributed by atoms with van der Waals surface area (Å²) < 4.78 is 0. The fourth-order valence-corrected chi connectivity index (χ4v) is 3.05. The van der Waals surface area contributed by atoms with E-state index in [1.54, 1.807) is 6.92 Å². The molecule has 4 atom stereocenters. The van der Waals surface area contributed by atoms with Gasteiger partial charge in [0.2, 0.25) is 5.78 Å². The summed E-state index contributed by atoms with van der Waals surface area (Å²) in [6, 6.07) is 0. The summed E-state index contributed by atoms with van der Waals surface area (Å²) in [5, 5.41) is 20.9. The Hall–Kier alpha value is -0.970. The summed E-state index contributed by atoms with van der Waals surface area (Å²) in [4.78, 5) is 22.6. The first-order valence-corrected chi connectivity index (χ1v) is 5.36. The Labute approximate surface area is 87.6 Å². The number of ketones is 1. The Kier molecular flexibility index (Phi) is 2.30. The smallest absolute Gasteiger partial charge is 0.279 e. The molecule has 5 nitrogen and oxygen atoms in total. The van der Waals surface area contributed by atoms with Crippen molar-refractivity contribution in [2.45, 2.75) is 44.2 Å². The molecule has 0 heterocycles. The third-order valence-corrected chi connectivity index (χ3v) is 3.91. The van der Waals surface area contributed by atoms with Gasteiger partial charge < -0.3 is 5.11 Å². The summed E-state index contributed by atoms with van der Waals surface area (Å²) in [5.74, 6) is -1.00. The normalized spacial score (nSPS) is 45.2. The van der Waals surface area contributed by atoms with Gasteiger partial charge in [0.05, 0.1) is 12.0 Å². The van der Waals surface area contributed by atoms with Gasteiger partial charge in [0.25, 0.3) is 5.54 Å². The predicted octanol–water partition coefficient (Wildman–Crippen LogP) is 0.772. The Morgan fingerprint density at radius 2 is 2.27 bits per heavy atom. The molecule has 2 rings (SSSR count). The molecule has 84 valence electrons. The lowest BCUT2D eigenvalue weighted by Crippen LogP contribution is -2.60. The number of fused-ring (bicyclic) bond motifs is 2. The van der Waals surface area contributed by atoms with E-state index in [4.69, 9.17) is 0 Å². The molecule has 0 aromatic carbocycles. The summed E-state index contributed by atoms with van der Waals surface area (Å²) in [6.45, 7) is 1.79. The molecular weight excluding hydrogens is 198 g/mol. The van der Waals surface area contributed by atoms with Crippen molar-refractivity contribution in [2.24, 2.45) is 11.8 Å². The number of nitrogens with zero attached hydrogens (tertiary/aromatic N) is 1. The highest BCUT2D eigenvalue weighted by molar-refractivity contribution is 5.91. The average Bonchev–Trinajstić information content (AvgIpc) is 2.17. The summed E-state index contributed by atoms with van der Waals surface area (Å²) >= 11 is 0. The minimum Gasteiger partial charge on any atom is -0.392 e. The highest BCUT2D eigenvalue weighted by Gasteiger charge is 2.61. The first-order chi connectivity index (χ1) is 6.99. The van der Waals surface area contributed by atoms with Gasteiger partial charge in [-0.2, -0.15) is 0 Å². The Bertz CT molecular complexity index is 317. The number of aliphatic hydroxyl groups is 1. The van der Waals surface area contributed by atoms with Crippen molar-refractivity contribution in [1.82, 2.24) is 0 Å². The molecule has 0 aliphatic heterocycles. The van der Waals surface area contributed by atoms with Crippen molar-refractivity contribution >= 4 is 5.78 Å². The van der Waals surface area contributed by atoms with Crippen molar-refractivity contribution < 1.29 is 14.8 Å². The fourth-order valence-electron chi connectivity index (χ4n) is 3.05. The number of rotatable bonds is 1. The van der Waals surface area contributed by atoms with E-state index in [9.17, 15) is 20.0 Å². The van der Waals surface area contributed by atoms with E-state index >= 15 is 0 Å². The van der Waals surface area contributed by atoms with Crippen LogP contribution in [0, 0.1) is 22.0 Å². The van der Waals surface area contributed by atoms with Crippen LogP contribution in [0.5, 0.6) is 0 Å². The molecular formula is C10H15NO4. The maximum Gasteiger partial charge on any atom is 0.279 e. The molecule has 0 aromatic rings. The number of carbonyl (C=O) groups excluding carboxylic acids is 1. The molecule has 2 fully saturated rings. The lowest BCUT2D eigenvalue weighted by atomic mass is 9.62. The monoisotopic (exact) mass is 213 g/mol. The van der Waals surface area contributed by atoms with Gasteiger partial charge in [-0.15, -0.1) is 0 Å². The second-order valence-corrected chi connectivity index (χ2v) is 4.82. The van der Waals surface area contributed by atoms with Crippen molar-refractivity contribution in [2.75, 3.05) is 0 Å². The van der Waals surface area contributed by atoms with Crippen LogP contribution in [-0.2, 0) is 4.79 Å². The predicted molar refractivity (Wildman–Crippen MR) is 51.9 cm³/mol. The largest absolute Gasteiger partial charge is 0.392 e. The first-order valence-electron chi connectivity index (χ1n) is 5.36. The molecule has 2 aliphatic carbocycles. The third-order valence-electron chi connectivity index (χ3n) is 3.91. The van der Waals surface area contributed by atoms with Gasteiger partial charge >= 0.3 is 0 Å². The molecule has 5 heteroatoms. The van der Waals surface area contributed by atoms with E-state index in [1.165, 1.54) is 0 Å². The Morgan fingerprint density at radius 3 is 2.87 bits per heavy atom.